The van der Waals surface area contributed by atoms with Crippen LogP contribution in [0.2, 0.25) is 0 Å². The van der Waals surface area contributed by atoms with Crippen LogP contribution in [0.5, 0.6) is 0 Å². The zero-order valence-corrected chi connectivity index (χ0v) is 15.9. The SMILES string of the molecule is Cc1ccc(S(=O)(=O)NCCNC(=O)C2CNNC2c2ccccc2)cc1. The van der Waals surface area contributed by atoms with Crippen LogP contribution in [0, 0.1) is 12.8 Å². The lowest BCUT2D eigenvalue weighted by Crippen LogP contribution is -2.39. The molecule has 3 rings (SSSR count). The zero-order valence-electron chi connectivity index (χ0n) is 15.1. The van der Waals surface area contributed by atoms with Crippen molar-refractivity contribution in [2.45, 2.75) is 17.9 Å². The Labute approximate surface area is 159 Å². The number of nitrogens with one attached hydrogen (secondary N) is 4. The van der Waals surface area contributed by atoms with Crippen LogP contribution >= 0.6 is 0 Å². The van der Waals surface area contributed by atoms with Gasteiger partial charge < -0.3 is 5.32 Å². The number of hydrogen-bond acceptors (Lipinski definition) is 5. The molecule has 1 heterocycles. The number of sulfonamides is 1. The maximum absolute atomic E-state index is 12.5. The lowest BCUT2D eigenvalue weighted by atomic mass is 9.94. The number of hydrazine groups is 1. The minimum absolute atomic E-state index is 0.115. The van der Waals surface area contributed by atoms with Crippen molar-refractivity contribution < 1.29 is 13.2 Å². The van der Waals surface area contributed by atoms with Crippen molar-refractivity contribution in [1.29, 1.82) is 0 Å². The summed E-state index contributed by atoms with van der Waals surface area (Å²) < 4.78 is 27.0. The Morgan fingerprint density at radius 1 is 1.07 bits per heavy atom. The Kier molecular flexibility index (Phi) is 6.22. The van der Waals surface area contributed by atoms with Crippen LogP contribution < -0.4 is 20.9 Å². The predicted octanol–water partition coefficient (Wildman–Crippen LogP) is 0.855. The van der Waals surface area contributed by atoms with Crippen LogP contribution in [0.15, 0.2) is 59.5 Å². The number of benzene rings is 2. The van der Waals surface area contributed by atoms with Gasteiger partial charge in [0.1, 0.15) is 0 Å². The highest BCUT2D eigenvalue weighted by Crippen LogP contribution is 2.24. The molecular weight excluding hydrogens is 364 g/mol. The van der Waals surface area contributed by atoms with Crippen LogP contribution in [0.4, 0.5) is 0 Å². The number of aryl methyl sites for hydroxylation is 1. The highest BCUT2D eigenvalue weighted by Gasteiger charge is 2.33. The zero-order chi connectivity index (χ0) is 19.3. The minimum Gasteiger partial charge on any atom is -0.354 e. The molecular formula is C19H24N4O3S. The molecule has 1 aliphatic rings. The topological polar surface area (TPSA) is 99.3 Å². The van der Waals surface area contributed by atoms with E-state index in [1.807, 2.05) is 37.3 Å². The van der Waals surface area contributed by atoms with Gasteiger partial charge in [-0.3, -0.25) is 10.2 Å². The molecule has 2 unspecified atom stereocenters. The predicted molar refractivity (Wildman–Crippen MR) is 103 cm³/mol. The maximum atomic E-state index is 12.5. The van der Waals surface area contributed by atoms with E-state index in [0.29, 0.717) is 6.54 Å². The van der Waals surface area contributed by atoms with Crippen LogP contribution in [0.1, 0.15) is 17.2 Å². The molecule has 27 heavy (non-hydrogen) atoms. The monoisotopic (exact) mass is 388 g/mol. The van der Waals surface area contributed by atoms with E-state index in [0.717, 1.165) is 11.1 Å². The molecule has 0 aliphatic carbocycles. The molecule has 0 radical (unpaired) electrons. The summed E-state index contributed by atoms with van der Waals surface area (Å²) in [5.41, 5.74) is 8.17. The summed E-state index contributed by atoms with van der Waals surface area (Å²) in [5.74, 6) is -0.378. The first kappa shape index (κ1) is 19.5. The standard InChI is InChI=1S/C19H24N4O3S/c1-14-7-9-16(10-8-14)27(25,26)22-12-11-20-19(24)17-13-21-23-18(17)15-5-3-2-4-6-15/h2-10,17-18,21-23H,11-13H2,1H3,(H,20,24). The molecule has 2 aromatic carbocycles. The number of hydrogen-bond donors (Lipinski definition) is 4. The Hall–Kier alpha value is -2.26. The van der Waals surface area contributed by atoms with E-state index in [1.54, 1.807) is 24.3 Å². The fourth-order valence-electron chi connectivity index (χ4n) is 3.02. The molecule has 7 nitrogen and oxygen atoms in total. The molecule has 4 N–H and O–H groups in total. The highest BCUT2D eigenvalue weighted by atomic mass is 32.2. The normalized spacial score (nSPS) is 19.7. The Bertz CT molecular complexity index is 870. The number of carbonyl (C=O) groups is 1. The number of rotatable bonds is 7. The van der Waals surface area contributed by atoms with Gasteiger partial charge >= 0.3 is 0 Å². The lowest BCUT2D eigenvalue weighted by Gasteiger charge is -2.18. The van der Waals surface area contributed by atoms with Crippen LogP contribution in [0.3, 0.4) is 0 Å². The van der Waals surface area contributed by atoms with Gasteiger partial charge in [0, 0.05) is 19.6 Å². The fourth-order valence-corrected chi connectivity index (χ4v) is 4.05. The minimum atomic E-state index is -3.57. The van der Waals surface area contributed by atoms with Gasteiger partial charge in [-0.05, 0) is 24.6 Å². The summed E-state index contributed by atoms with van der Waals surface area (Å²) in [6.45, 7) is 2.77. The van der Waals surface area contributed by atoms with E-state index in [2.05, 4.69) is 20.9 Å². The maximum Gasteiger partial charge on any atom is 0.240 e. The van der Waals surface area contributed by atoms with Gasteiger partial charge in [0.25, 0.3) is 0 Å². The summed E-state index contributed by atoms with van der Waals surface area (Å²) in [5, 5.41) is 2.81. The van der Waals surface area contributed by atoms with Gasteiger partial charge in [0.05, 0.1) is 16.9 Å². The van der Waals surface area contributed by atoms with Crippen molar-refractivity contribution in [1.82, 2.24) is 20.9 Å². The third kappa shape index (κ3) is 4.92. The van der Waals surface area contributed by atoms with Crippen molar-refractivity contribution in [2.24, 2.45) is 5.92 Å². The summed E-state index contributed by atoms with van der Waals surface area (Å²) in [6.07, 6.45) is 0. The molecule has 0 saturated carbocycles. The quantitative estimate of drug-likeness (QED) is 0.527. The molecule has 1 fully saturated rings. The summed E-state index contributed by atoms with van der Waals surface area (Å²) in [6, 6.07) is 16.3. The van der Waals surface area contributed by atoms with Crippen molar-refractivity contribution in [3.63, 3.8) is 0 Å². The Morgan fingerprint density at radius 3 is 2.48 bits per heavy atom. The van der Waals surface area contributed by atoms with Crippen LogP contribution in [0.25, 0.3) is 0 Å². The molecule has 0 aromatic heterocycles. The van der Waals surface area contributed by atoms with Gasteiger partial charge in [0.2, 0.25) is 15.9 Å². The molecule has 144 valence electrons. The van der Waals surface area contributed by atoms with Gasteiger partial charge in [-0.15, -0.1) is 0 Å². The first-order valence-electron chi connectivity index (χ1n) is 8.85. The molecule has 0 bridgehead atoms. The van der Waals surface area contributed by atoms with Gasteiger partial charge in [0.15, 0.2) is 0 Å². The summed E-state index contributed by atoms with van der Waals surface area (Å²) >= 11 is 0. The molecule has 2 aromatic rings. The average molecular weight is 388 g/mol. The van der Waals surface area contributed by atoms with Crippen molar-refractivity contribution in [3.8, 4) is 0 Å². The molecule has 1 amide bonds. The highest BCUT2D eigenvalue weighted by molar-refractivity contribution is 7.89. The first-order chi connectivity index (χ1) is 13.0. The van der Waals surface area contributed by atoms with Crippen molar-refractivity contribution >= 4 is 15.9 Å². The second kappa shape index (κ2) is 8.62. The Morgan fingerprint density at radius 2 is 1.78 bits per heavy atom. The van der Waals surface area contributed by atoms with E-state index in [9.17, 15) is 13.2 Å². The van der Waals surface area contributed by atoms with Gasteiger partial charge in [-0.2, -0.15) is 0 Å². The average Bonchev–Trinajstić information content (AvgIpc) is 3.16. The molecule has 8 heteroatoms. The molecule has 0 spiro atoms. The third-order valence-corrected chi connectivity index (χ3v) is 6.00. The van der Waals surface area contributed by atoms with E-state index < -0.39 is 10.0 Å². The van der Waals surface area contributed by atoms with E-state index in [4.69, 9.17) is 0 Å². The van der Waals surface area contributed by atoms with Crippen LogP contribution in [-0.4, -0.2) is 34.0 Å². The second-order valence-electron chi connectivity index (χ2n) is 6.52. The van der Waals surface area contributed by atoms with Crippen molar-refractivity contribution in [3.05, 3.63) is 65.7 Å². The largest absolute Gasteiger partial charge is 0.354 e. The lowest BCUT2D eigenvalue weighted by molar-refractivity contribution is -0.124. The van der Waals surface area contributed by atoms with Gasteiger partial charge in [-0.25, -0.2) is 18.6 Å². The van der Waals surface area contributed by atoms with Gasteiger partial charge in [-0.1, -0.05) is 48.0 Å². The number of amides is 1. The van der Waals surface area contributed by atoms with Crippen LogP contribution in [-0.2, 0) is 14.8 Å². The summed E-state index contributed by atoms with van der Waals surface area (Å²) in [4.78, 5) is 12.7. The first-order valence-corrected chi connectivity index (χ1v) is 10.3. The van der Waals surface area contributed by atoms with E-state index >= 15 is 0 Å². The van der Waals surface area contributed by atoms with E-state index in [1.165, 1.54) is 0 Å². The molecule has 2 atom stereocenters. The van der Waals surface area contributed by atoms with Crippen molar-refractivity contribution in [2.75, 3.05) is 19.6 Å². The molecule has 1 aliphatic heterocycles. The second-order valence-corrected chi connectivity index (χ2v) is 8.29. The molecule has 1 saturated heterocycles. The Balaban J connectivity index is 1.50. The summed E-state index contributed by atoms with van der Waals surface area (Å²) in [7, 11) is -3.57. The fraction of sp³-hybridized carbons (Fsp3) is 0.316. The number of carbonyl (C=O) groups excluding carboxylic acids is 1. The smallest absolute Gasteiger partial charge is 0.240 e. The van der Waals surface area contributed by atoms with E-state index in [-0.39, 0.29) is 35.9 Å². The third-order valence-electron chi connectivity index (χ3n) is 4.52.